The second-order valence-electron chi connectivity index (χ2n) is 7.81. The summed E-state index contributed by atoms with van der Waals surface area (Å²) in [5.41, 5.74) is 1.82. The number of ketones is 1. The molecule has 3 fully saturated rings. The van der Waals surface area contributed by atoms with Crippen molar-refractivity contribution in [3.8, 4) is 5.75 Å². The van der Waals surface area contributed by atoms with Crippen molar-refractivity contribution in [2.24, 2.45) is 5.92 Å². The molecule has 0 N–H and O–H groups in total. The van der Waals surface area contributed by atoms with Crippen molar-refractivity contribution < 1.29 is 9.53 Å². The third-order valence-electron chi connectivity index (χ3n) is 5.72. The zero-order chi connectivity index (χ0) is 19.1. The van der Waals surface area contributed by atoms with Crippen LogP contribution in [0.2, 0.25) is 5.02 Å². The number of benzene rings is 1. The van der Waals surface area contributed by atoms with Gasteiger partial charge < -0.3 is 9.64 Å². The summed E-state index contributed by atoms with van der Waals surface area (Å²) >= 11 is 6.41. The standard InChI is InChI=1S/C23H32ClNO2/c1-2-3-4-5-6-7-8-15-27-22-10-9-18(16-20(22)24)17-21-23(26)19-11-13-25(21)14-12-19/h9-10,16-17,19H,2-8,11-15H2,1H3/b21-17-. The van der Waals surface area contributed by atoms with E-state index >= 15 is 0 Å². The van der Waals surface area contributed by atoms with Crippen molar-refractivity contribution in [2.75, 3.05) is 19.7 Å². The molecule has 4 rings (SSSR count). The fourth-order valence-corrected chi connectivity index (χ4v) is 4.28. The summed E-state index contributed by atoms with van der Waals surface area (Å²) in [5.74, 6) is 1.26. The van der Waals surface area contributed by atoms with Crippen molar-refractivity contribution in [3.63, 3.8) is 0 Å². The van der Waals surface area contributed by atoms with Gasteiger partial charge in [-0.2, -0.15) is 0 Å². The van der Waals surface area contributed by atoms with Gasteiger partial charge in [0.05, 0.1) is 17.3 Å². The number of carbonyl (C=O) groups is 1. The summed E-state index contributed by atoms with van der Waals surface area (Å²) in [6.45, 7) is 4.95. The van der Waals surface area contributed by atoms with Gasteiger partial charge >= 0.3 is 0 Å². The quantitative estimate of drug-likeness (QED) is 0.357. The molecule has 27 heavy (non-hydrogen) atoms. The van der Waals surface area contributed by atoms with E-state index in [0.29, 0.717) is 17.4 Å². The van der Waals surface area contributed by atoms with Crippen LogP contribution in [-0.4, -0.2) is 30.4 Å². The van der Waals surface area contributed by atoms with Gasteiger partial charge in [-0.25, -0.2) is 0 Å². The van der Waals surface area contributed by atoms with E-state index in [1.807, 2.05) is 24.3 Å². The highest BCUT2D eigenvalue weighted by Crippen LogP contribution is 2.33. The van der Waals surface area contributed by atoms with Crippen molar-refractivity contribution >= 4 is 23.5 Å². The lowest BCUT2D eigenvalue weighted by Gasteiger charge is -2.41. The lowest BCUT2D eigenvalue weighted by Crippen LogP contribution is -2.45. The topological polar surface area (TPSA) is 29.5 Å². The van der Waals surface area contributed by atoms with Gasteiger partial charge in [0.15, 0.2) is 5.78 Å². The third-order valence-corrected chi connectivity index (χ3v) is 6.02. The van der Waals surface area contributed by atoms with Gasteiger partial charge in [-0.05, 0) is 43.0 Å². The number of hydrogen-bond acceptors (Lipinski definition) is 3. The van der Waals surface area contributed by atoms with Crippen LogP contribution in [0.1, 0.15) is 70.3 Å². The van der Waals surface area contributed by atoms with Gasteiger partial charge in [-0.1, -0.05) is 63.1 Å². The SMILES string of the molecule is CCCCCCCCCOc1ccc(/C=C2/C(=O)C3CCN2CC3)cc1Cl. The first-order chi connectivity index (χ1) is 13.2. The summed E-state index contributed by atoms with van der Waals surface area (Å²) < 4.78 is 5.85. The van der Waals surface area contributed by atoms with Gasteiger partial charge in [-0.3, -0.25) is 4.79 Å². The Hall–Kier alpha value is -1.48. The van der Waals surface area contributed by atoms with E-state index in [2.05, 4.69) is 11.8 Å². The van der Waals surface area contributed by atoms with Gasteiger partial charge in [0.1, 0.15) is 5.75 Å². The largest absolute Gasteiger partial charge is 0.492 e. The van der Waals surface area contributed by atoms with Crippen LogP contribution in [0, 0.1) is 5.92 Å². The van der Waals surface area contributed by atoms with Crippen molar-refractivity contribution in [2.45, 2.75) is 64.7 Å². The molecule has 0 amide bonds. The molecule has 0 aliphatic carbocycles. The van der Waals surface area contributed by atoms with E-state index in [-0.39, 0.29) is 5.92 Å². The lowest BCUT2D eigenvalue weighted by molar-refractivity contribution is -0.125. The molecule has 3 heterocycles. The maximum Gasteiger partial charge on any atom is 0.182 e. The first-order valence-electron chi connectivity index (χ1n) is 10.6. The smallest absolute Gasteiger partial charge is 0.182 e. The Kier molecular flexibility index (Phi) is 7.63. The van der Waals surface area contributed by atoms with Crippen LogP contribution < -0.4 is 4.74 Å². The average molecular weight is 390 g/mol. The van der Waals surface area contributed by atoms with E-state index < -0.39 is 0 Å². The number of rotatable bonds is 10. The third kappa shape index (κ3) is 5.51. The summed E-state index contributed by atoms with van der Waals surface area (Å²) in [6, 6.07) is 5.83. The number of fused-ring (bicyclic) bond motifs is 3. The zero-order valence-corrected chi connectivity index (χ0v) is 17.3. The normalized spacial score (nSPS) is 18.5. The molecule has 0 spiro atoms. The lowest BCUT2D eigenvalue weighted by atomic mass is 9.84. The molecular formula is C23H32ClNO2. The molecule has 4 heteroatoms. The molecule has 1 aromatic carbocycles. The van der Waals surface area contributed by atoms with Crippen molar-refractivity contribution in [1.29, 1.82) is 0 Å². The molecule has 3 aliphatic rings. The minimum absolute atomic E-state index is 0.223. The average Bonchev–Trinajstić information content (AvgIpc) is 2.68. The summed E-state index contributed by atoms with van der Waals surface area (Å²) in [6.07, 6.45) is 12.9. The molecular weight excluding hydrogens is 358 g/mol. The van der Waals surface area contributed by atoms with Crippen LogP contribution in [-0.2, 0) is 4.79 Å². The maximum absolute atomic E-state index is 12.5. The molecule has 3 saturated heterocycles. The first-order valence-corrected chi connectivity index (χ1v) is 11.0. The minimum atomic E-state index is 0.223. The summed E-state index contributed by atoms with van der Waals surface area (Å²) in [4.78, 5) is 14.7. The number of Topliss-reactive ketones (excluding diaryl/α,β-unsaturated/α-hetero) is 1. The zero-order valence-electron chi connectivity index (χ0n) is 16.5. The van der Waals surface area contributed by atoms with Crippen LogP contribution in [0.15, 0.2) is 23.9 Å². The molecule has 3 aliphatic heterocycles. The highest BCUT2D eigenvalue weighted by molar-refractivity contribution is 6.32. The number of halogens is 1. The van der Waals surface area contributed by atoms with Crippen LogP contribution in [0.5, 0.6) is 5.75 Å². The van der Waals surface area contributed by atoms with E-state index in [1.54, 1.807) is 0 Å². The maximum atomic E-state index is 12.5. The molecule has 148 valence electrons. The first kappa shape index (κ1) is 20.3. The number of ether oxygens (including phenoxy) is 1. The predicted molar refractivity (Wildman–Crippen MR) is 112 cm³/mol. The number of nitrogens with zero attached hydrogens (tertiary/aromatic N) is 1. The van der Waals surface area contributed by atoms with Gasteiger partial charge in [0.2, 0.25) is 0 Å². The van der Waals surface area contributed by atoms with Crippen LogP contribution in [0.25, 0.3) is 6.08 Å². The highest BCUT2D eigenvalue weighted by Gasteiger charge is 2.36. The van der Waals surface area contributed by atoms with Crippen LogP contribution in [0.4, 0.5) is 0 Å². The molecule has 2 bridgehead atoms. The number of carbonyl (C=O) groups excluding carboxylic acids is 1. The minimum Gasteiger partial charge on any atom is -0.492 e. The van der Waals surface area contributed by atoms with Crippen LogP contribution >= 0.6 is 11.6 Å². The Morgan fingerprint density at radius 1 is 1.11 bits per heavy atom. The Morgan fingerprint density at radius 3 is 2.48 bits per heavy atom. The molecule has 0 saturated carbocycles. The monoisotopic (exact) mass is 389 g/mol. The fraction of sp³-hybridized carbons (Fsp3) is 0.609. The van der Waals surface area contributed by atoms with E-state index in [0.717, 1.165) is 49.4 Å². The van der Waals surface area contributed by atoms with Gasteiger partial charge in [-0.15, -0.1) is 0 Å². The Labute approximate surface area is 168 Å². The Balaban J connectivity index is 1.48. The fourth-order valence-electron chi connectivity index (χ4n) is 4.03. The number of unbranched alkanes of at least 4 members (excludes halogenated alkanes) is 6. The number of hydrogen-bond donors (Lipinski definition) is 0. The number of allylic oxidation sites excluding steroid dienone is 1. The van der Waals surface area contributed by atoms with E-state index in [4.69, 9.17) is 16.3 Å². The van der Waals surface area contributed by atoms with Gasteiger partial charge in [0.25, 0.3) is 0 Å². The van der Waals surface area contributed by atoms with Crippen molar-refractivity contribution in [1.82, 2.24) is 4.90 Å². The van der Waals surface area contributed by atoms with E-state index in [9.17, 15) is 4.79 Å². The Morgan fingerprint density at radius 2 is 1.81 bits per heavy atom. The molecule has 0 radical (unpaired) electrons. The molecule has 0 atom stereocenters. The Bertz CT molecular complexity index is 662. The van der Waals surface area contributed by atoms with Gasteiger partial charge in [0, 0.05) is 19.0 Å². The second kappa shape index (κ2) is 10.2. The van der Waals surface area contributed by atoms with Crippen LogP contribution in [0.3, 0.4) is 0 Å². The highest BCUT2D eigenvalue weighted by atomic mass is 35.5. The number of piperidine rings is 3. The molecule has 1 aromatic rings. The second-order valence-corrected chi connectivity index (χ2v) is 8.22. The predicted octanol–water partition coefficient (Wildman–Crippen LogP) is 6.11. The van der Waals surface area contributed by atoms with E-state index in [1.165, 1.54) is 38.5 Å². The molecule has 0 unspecified atom stereocenters. The summed E-state index contributed by atoms with van der Waals surface area (Å²) in [7, 11) is 0. The van der Waals surface area contributed by atoms with Crippen molar-refractivity contribution in [3.05, 3.63) is 34.5 Å². The summed E-state index contributed by atoms with van der Waals surface area (Å²) in [5, 5.41) is 0.621. The molecule has 3 nitrogen and oxygen atoms in total. The molecule has 0 aromatic heterocycles.